The van der Waals surface area contributed by atoms with Crippen molar-refractivity contribution in [3.63, 3.8) is 0 Å². The molecule has 0 radical (unpaired) electrons. The number of nitrogens with zero attached hydrogens (tertiary/aromatic N) is 2. The lowest BCUT2D eigenvalue weighted by Crippen LogP contribution is -2.02. The number of aromatic nitrogens is 2. The van der Waals surface area contributed by atoms with Gasteiger partial charge in [-0.2, -0.15) is 9.19 Å². The van der Waals surface area contributed by atoms with Gasteiger partial charge in [0.25, 0.3) is 0 Å². The topological polar surface area (TPSA) is 57.9 Å². The van der Waals surface area contributed by atoms with E-state index in [9.17, 15) is 8.76 Å². The first-order valence-corrected chi connectivity index (χ1v) is 5.01. The molecule has 0 saturated carbocycles. The first-order valence-electron chi connectivity index (χ1n) is 3.98. The third-order valence-corrected chi connectivity index (χ3v) is 2.30. The van der Waals surface area contributed by atoms with Crippen molar-refractivity contribution in [2.24, 2.45) is 0 Å². The van der Waals surface area contributed by atoms with Crippen LogP contribution in [0.4, 0.5) is 0 Å². The number of hydrogen-bond donors (Lipinski definition) is 0. The lowest BCUT2D eigenvalue weighted by molar-refractivity contribution is 0.521. The Morgan fingerprint density at radius 1 is 1.21 bits per heavy atom. The molecule has 1 unspecified atom stereocenters. The summed E-state index contributed by atoms with van der Waals surface area (Å²) in [5, 5.41) is 3.88. The van der Waals surface area contributed by atoms with Crippen LogP contribution in [0.25, 0.3) is 11.3 Å². The molecule has 0 fully saturated rings. The largest absolute Gasteiger partial charge is 0.754 e. The van der Waals surface area contributed by atoms with Gasteiger partial charge in [-0.15, -0.1) is 0 Å². The highest BCUT2D eigenvalue weighted by Crippen LogP contribution is 2.15. The first-order chi connectivity index (χ1) is 6.77. The summed E-state index contributed by atoms with van der Waals surface area (Å²) >= 11 is -2.33. The van der Waals surface area contributed by atoms with Crippen LogP contribution < -0.4 is 0 Å². The summed E-state index contributed by atoms with van der Waals surface area (Å²) in [5.41, 5.74) is 1.55. The van der Waals surface area contributed by atoms with E-state index in [1.54, 1.807) is 6.07 Å². The van der Waals surface area contributed by atoms with Crippen molar-refractivity contribution in [2.75, 3.05) is 0 Å². The summed E-state index contributed by atoms with van der Waals surface area (Å²) in [6, 6.07) is 11.1. The average molecular weight is 207 g/mol. The van der Waals surface area contributed by atoms with E-state index in [1.165, 1.54) is 6.20 Å². The standard InChI is InChI=1S/C9H8N2O2S/c12-14(13)11-7-6-9(10-11)8-4-2-1-3-5-8/h1-7H,(H,12,13)/p-1. The second kappa shape index (κ2) is 3.73. The minimum absolute atomic E-state index is 0.648. The molecule has 14 heavy (non-hydrogen) atoms. The van der Waals surface area contributed by atoms with Gasteiger partial charge in [-0.1, -0.05) is 30.3 Å². The Bertz CT molecular complexity index is 453. The quantitative estimate of drug-likeness (QED) is 0.695. The first kappa shape index (κ1) is 9.11. The van der Waals surface area contributed by atoms with Gasteiger partial charge in [0.1, 0.15) is 0 Å². The molecule has 2 rings (SSSR count). The van der Waals surface area contributed by atoms with Crippen molar-refractivity contribution in [1.29, 1.82) is 0 Å². The Labute approximate surface area is 83.6 Å². The van der Waals surface area contributed by atoms with E-state index in [4.69, 9.17) is 0 Å². The van der Waals surface area contributed by atoms with Crippen LogP contribution in [0.5, 0.6) is 0 Å². The summed E-state index contributed by atoms with van der Waals surface area (Å²) in [6.45, 7) is 0. The molecule has 0 amide bonds. The number of benzene rings is 1. The van der Waals surface area contributed by atoms with E-state index < -0.39 is 11.3 Å². The Kier molecular flexibility index (Phi) is 2.43. The zero-order chi connectivity index (χ0) is 9.97. The van der Waals surface area contributed by atoms with Gasteiger partial charge in [0.2, 0.25) is 0 Å². The maximum absolute atomic E-state index is 10.5. The zero-order valence-electron chi connectivity index (χ0n) is 7.16. The molecule has 0 aliphatic rings. The maximum Gasteiger partial charge on any atom is 0.0934 e. The third kappa shape index (κ3) is 1.73. The lowest BCUT2D eigenvalue weighted by atomic mass is 10.2. The fraction of sp³-hybridized carbons (Fsp3) is 0. The van der Waals surface area contributed by atoms with Crippen LogP contribution in [0.1, 0.15) is 0 Å². The second-order valence-corrected chi connectivity index (χ2v) is 3.49. The number of hydrogen-bond acceptors (Lipinski definition) is 3. The zero-order valence-corrected chi connectivity index (χ0v) is 7.98. The molecule has 1 aromatic heterocycles. The van der Waals surface area contributed by atoms with Crippen LogP contribution in [0, 0.1) is 0 Å². The average Bonchev–Trinajstić information content (AvgIpc) is 2.68. The molecule has 72 valence electrons. The molecule has 0 N–H and O–H groups in total. The molecule has 1 heterocycles. The van der Waals surface area contributed by atoms with Gasteiger partial charge in [0, 0.05) is 11.8 Å². The van der Waals surface area contributed by atoms with Crippen LogP contribution in [-0.2, 0) is 11.3 Å². The van der Waals surface area contributed by atoms with Gasteiger partial charge >= 0.3 is 0 Å². The smallest absolute Gasteiger partial charge is 0.0934 e. The van der Waals surface area contributed by atoms with Crippen LogP contribution >= 0.6 is 0 Å². The van der Waals surface area contributed by atoms with Crippen molar-refractivity contribution >= 4 is 11.3 Å². The third-order valence-electron chi connectivity index (χ3n) is 1.79. The predicted molar refractivity (Wildman–Crippen MR) is 52.0 cm³/mol. The molecule has 0 bridgehead atoms. The van der Waals surface area contributed by atoms with Crippen LogP contribution in [0.2, 0.25) is 0 Å². The molecule has 0 spiro atoms. The summed E-state index contributed by atoms with van der Waals surface area (Å²) < 4.78 is 22.0. The van der Waals surface area contributed by atoms with Gasteiger partial charge in [0.15, 0.2) is 0 Å². The molecule has 1 aromatic carbocycles. The molecule has 2 aromatic rings. The molecular formula is C9H7N2O2S-. The van der Waals surface area contributed by atoms with Crippen LogP contribution in [0.3, 0.4) is 0 Å². The highest BCUT2D eigenvalue weighted by molar-refractivity contribution is 7.77. The maximum atomic E-state index is 10.5. The summed E-state index contributed by atoms with van der Waals surface area (Å²) in [7, 11) is 0. The minimum Gasteiger partial charge on any atom is -0.754 e. The molecule has 0 saturated heterocycles. The minimum atomic E-state index is -2.33. The van der Waals surface area contributed by atoms with Crippen molar-refractivity contribution in [3.8, 4) is 11.3 Å². The number of rotatable bonds is 2. The molecular weight excluding hydrogens is 200 g/mol. The van der Waals surface area contributed by atoms with Crippen molar-refractivity contribution in [1.82, 2.24) is 9.19 Å². The van der Waals surface area contributed by atoms with E-state index in [1.807, 2.05) is 30.3 Å². The van der Waals surface area contributed by atoms with E-state index in [0.717, 1.165) is 9.65 Å². The molecule has 4 nitrogen and oxygen atoms in total. The normalized spacial score (nSPS) is 12.6. The van der Waals surface area contributed by atoms with E-state index in [-0.39, 0.29) is 0 Å². The Hall–Kier alpha value is -1.46. The Morgan fingerprint density at radius 3 is 2.50 bits per heavy atom. The van der Waals surface area contributed by atoms with Crippen LogP contribution in [0.15, 0.2) is 42.6 Å². The lowest BCUT2D eigenvalue weighted by Gasteiger charge is -2.02. The second-order valence-electron chi connectivity index (χ2n) is 2.69. The van der Waals surface area contributed by atoms with Gasteiger partial charge in [-0.05, 0) is 6.07 Å². The fourth-order valence-corrected chi connectivity index (χ4v) is 1.47. The van der Waals surface area contributed by atoms with Gasteiger partial charge in [-0.3, -0.25) is 4.21 Å². The van der Waals surface area contributed by atoms with Crippen LogP contribution in [-0.4, -0.2) is 17.9 Å². The summed E-state index contributed by atoms with van der Waals surface area (Å²) in [6.07, 6.45) is 1.41. The van der Waals surface area contributed by atoms with Crippen molar-refractivity contribution < 1.29 is 8.76 Å². The molecule has 0 aliphatic carbocycles. The van der Waals surface area contributed by atoms with E-state index >= 15 is 0 Å². The summed E-state index contributed by atoms with van der Waals surface area (Å²) in [4.78, 5) is 0. The monoisotopic (exact) mass is 207 g/mol. The Balaban J connectivity index is 2.39. The van der Waals surface area contributed by atoms with E-state index in [2.05, 4.69) is 5.10 Å². The summed E-state index contributed by atoms with van der Waals surface area (Å²) in [5.74, 6) is 0. The SMILES string of the molecule is O=S([O-])n1ccc(-c2ccccc2)n1. The van der Waals surface area contributed by atoms with Crippen molar-refractivity contribution in [2.45, 2.75) is 0 Å². The highest BCUT2D eigenvalue weighted by atomic mass is 32.2. The molecule has 5 heteroatoms. The highest BCUT2D eigenvalue weighted by Gasteiger charge is 2.00. The molecule has 0 aliphatic heterocycles. The predicted octanol–water partition coefficient (Wildman–Crippen LogP) is 1.19. The van der Waals surface area contributed by atoms with Gasteiger partial charge in [0.05, 0.1) is 17.0 Å². The Morgan fingerprint density at radius 2 is 1.93 bits per heavy atom. The van der Waals surface area contributed by atoms with E-state index in [0.29, 0.717) is 5.69 Å². The molecule has 1 atom stereocenters. The van der Waals surface area contributed by atoms with Crippen molar-refractivity contribution in [3.05, 3.63) is 42.6 Å². The van der Waals surface area contributed by atoms with Gasteiger partial charge in [-0.25, -0.2) is 0 Å². The van der Waals surface area contributed by atoms with Gasteiger partial charge < -0.3 is 4.55 Å². The fourth-order valence-electron chi connectivity index (χ4n) is 1.15.